The first kappa shape index (κ1) is 19.1. The summed E-state index contributed by atoms with van der Waals surface area (Å²) in [6.07, 6.45) is 1.62. The lowest BCUT2D eigenvalue weighted by Crippen LogP contribution is -2.16. The summed E-state index contributed by atoms with van der Waals surface area (Å²) in [6, 6.07) is 12.3. The summed E-state index contributed by atoms with van der Waals surface area (Å²) in [6.45, 7) is 12.1. The molecule has 0 atom stereocenters. The molecule has 0 aliphatic heterocycles. The molecular weight excluding hydrogens is 334 g/mol. The number of nitrogens with one attached hydrogen (secondary N) is 1. The van der Waals surface area contributed by atoms with Crippen LogP contribution in [0.2, 0.25) is 0 Å². The van der Waals surface area contributed by atoms with Crippen LogP contribution in [0, 0.1) is 6.92 Å². The fourth-order valence-corrected chi connectivity index (χ4v) is 3.33. The molecule has 0 amide bonds. The molecule has 2 aromatic carbocycles. The van der Waals surface area contributed by atoms with Crippen LogP contribution in [0.15, 0.2) is 60.0 Å². The first-order valence-electron chi connectivity index (χ1n) is 8.11. The second-order valence-corrected chi connectivity index (χ2v) is 8.66. The Labute approximate surface area is 150 Å². The maximum Gasteiger partial charge on any atom is 0.262 e. The van der Waals surface area contributed by atoms with Crippen molar-refractivity contribution in [3.05, 3.63) is 66.2 Å². The van der Waals surface area contributed by atoms with Gasteiger partial charge in [0, 0.05) is 0 Å². The van der Waals surface area contributed by atoms with Gasteiger partial charge in [0.2, 0.25) is 0 Å². The largest absolute Gasteiger partial charge is 0.487 e. The Hall–Kier alpha value is -2.27. The highest BCUT2D eigenvalue weighted by molar-refractivity contribution is 7.92. The summed E-state index contributed by atoms with van der Waals surface area (Å²) < 4.78 is 33.7. The van der Waals surface area contributed by atoms with Gasteiger partial charge in [-0.3, -0.25) is 4.72 Å². The van der Waals surface area contributed by atoms with Gasteiger partial charge in [0.25, 0.3) is 10.0 Å². The molecule has 2 rings (SSSR count). The van der Waals surface area contributed by atoms with Crippen molar-refractivity contribution in [2.45, 2.75) is 38.0 Å². The molecule has 5 heteroatoms. The van der Waals surface area contributed by atoms with E-state index in [1.54, 1.807) is 36.4 Å². The van der Waals surface area contributed by atoms with Crippen molar-refractivity contribution in [3.8, 4) is 5.75 Å². The molecule has 0 saturated carbocycles. The van der Waals surface area contributed by atoms with Gasteiger partial charge in [0.1, 0.15) is 12.4 Å². The van der Waals surface area contributed by atoms with Gasteiger partial charge in [-0.15, -0.1) is 0 Å². The zero-order chi connectivity index (χ0) is 18.7. The van der Waals surface area contributed by atoms with E-state index in [9.17, 15) is 8.42 Å². The predicted molar refractivity (Wildman–Crippen MR) is 103 cm³/mol. The summed E-state index contributed by atoms with van der Waals surface area (Å²) in [5, 5.41) is 0. The molecule has 0 bridgehead atoms. The Bertz CT molecular complexity index is 848. The molecule has 134 valence electrons. The first-order valence-corrected chi connectivity index (χ1v) is 9.59. The van der Waals surface area contributed by atoms with E-state index in [0.29, 0.717) is 18.0 Å². The van der Waals surface area contributed by atoms with Gasteiger partial charge in [-0.25, -0.2) is 8.42 Å². The van der Waals surface area contributed by atoms with E-state index in [0.717, 1.165) is 11.1 Å². The Morgan fingerprint density at radius 3 is 2.32 bits per heavy atom. The molecule has 4 nitrogen and oxygen atoms in total. The van der Waals surface area contributed by atoms with E-state index in [2.05, 4.69) is 32.1 Å². The van der Waals surface area contributed by atoms with Crippen LogP contribution < -0.4 is 9.46 Å². The fourth-order valence-electron chi connectivity index (χ4n) is 2.27. The third-order valence-electron chi connectivity index (χ3n) is 3.78. The molecule has 0 unspecified atom stereocenters. The minimum Gasteiger partial charge on any atom is -0.487 e. The number of hydrogen-bond donors (Lipinski definition) is 1. The Balaban J connectivity index is 2.44. The standard InChI is InChI=1S/C20H25NO3S/c1-6-13-24-19-12-9-16(20(3,4)5)14-18(19)21-25(22,23)17-10-7-15(2)8-11-17/h6-12,14,21H,1,13H2,2-5H3. The lowest BCUT2D eigenvalue weighted by atomic mass is 9.87. The van der Waals surface area contributed by atoms with Crippen molar-refractivity contribution >= 4 is 15.7 Å². The van der Waals surface area contributed by atoms with Crippen molar-refractivity contribution in [2.24, 2.45) is 0 Å². The van der Waals surface area contributed by atoms with Crippen LogP contribution in [-0.4, -0.2) is 15.0 Å². The SMILES string of the molecule is C=CCOc1ccc(C(C)(C)C)cc1NS(=O)(=O)c1ccc(C)cc1. The van der Waals surface area contributed by atoms with Crippen molar-refractivity contribution < 1.29 is 13.2 Å². The highest BCUT2D eigenvalue weighted by Gasteiger charge is 2.20. The molecular formula is C20H25NO3S. The minimum absolute atomic E-state index is 0.110. The first-order chi connectivity index (χ1) is 11.6. The molecule has 0 radical (unpaired) electrons. The van der Waals surface area contributed by atoms with Gasteiger partial charge < -0.3 is 4.74 Å². The van der Waals surface area contributed by atoms with Gasteiger partial charge >= 0.3 is 0 Å². The average molecular weight is 359 g/mol. The predicted octanol–water partition coefficient (Wildman–Crippen LogP) is 4.66. The maximum atomic E-state index is 12.7. The number of ether oxygens (including phenoxy) is 1. The number of rotatable bonds is 6. The summed E-state index contributed by atoms with van der Waals surface area (Å²) in [4.78, 5) is 0.217. The van der Waals surface area contributed by atoms with Crippen LogP contribution in [-0.2, 0) is 15.4 Å². The number of anilines is 1. The molecule has 1 N–H and O–H groups in total. The van der Waals surface area contributed by atoms with Crippen molar-refractivity contribution in [1.29, 1.82) is 0 Å². The summed E-state index contributed by atoms with van der Waals surface area (Å²) in [5.74, 6) is 0.476. The van der Waals surface area contributed by atoms with Gasteiger partial charge in [0.15, 0.2) is 0 Å². The Kier molecular flexibility index (Phi) is 5.58. The maximum absolute atomic E-state index is 12.7. The normalized spacial score (nSPS) is 11.8. The lowest BCUT2D eigenvalue weighted by molar-refractivity contribution is 0.365. The molecule has 0 saturated heterocycles. The van der Waals surface area contributed by atoms with Gasteiger partial charge in [-0.2, -0.15) is 0 Å². The molecule has 0 aliphatic rings. The summed E-state index contributed by atoms with van der Waals surface area (Å²) >= 11 is 0. The van der Waals surface area contributed by atoms with E-state index in [4.69, 9.17) is 4.74 Å². The minimum atomic E-state index is -3.70. The molecule has 2 aromatic rings. The fraction of sp³-hybridized carbons (Fsp3) is 0.300. The molecule has 25 heavy (non-hydrogen) atoms. The number of sulfonamides is 1. The highest BCUT2D eigenvalue weighted by Crippen LogP contribution is 2.33. The Morgan fingerprint density at radius 1 is 1.12 bits per heavy atom. The van der Waals surface area contributed by atoms with Gasteiger partial charge in [0.05, 0.1) is 10.6 Å². The molecule has 0 aromatic heterocycles. The topological polar surface area (TPSA) is 55.4 Å². The average Bonchev–Trinajstić information content (AvgIpc) is 2.53. The van der Waals surface area contributed by atoms with Crippen molar-refractivity contribution in [3.63, 3.8) is 0 Å². The third-order valence-corrected chi connectivity index (χ3v) is 5.16. The Morgan fingerprint density at radius 2 is 1.76 bits per heavy atom. The molecule has 0 fully saturated rings. The van der Waals surface area contributed by atoms with E-state index in [-0.39, 0.29) is 10.3 Å². The van der Waals surface area contributed by atoms with Crippen LogP contribution in [0.4, 0.5) is 5.69 Å². The van der Waals surface area contributed by atoms with E-state index < -0.39 is 10.0 Å². The second kappa shape index (κ2) is 7.31. The van der Waals surface area contributed by atoms with Crippen LogP contribution in [0.5, 0.6) is 5.75 Å². The molecule has 0 aliphatic carbocycles. The number of benzene rings is 2. The highest BCUT2D eigenvalue weighted by atomic mass is 32.2. The van der Waals surface area contributed by atoms with E-state index in [1.807, 2.05) is 19.1 Å². The van der Waals surface area contributed by atoms with Gasteiger partial charge in [-0.05, 0) is 42.2 Å². The second-order valence-electron chi connectivity index (χ2n) is 6.98. The third kappa shape index (κ3) is 4.86. The van der Waals surface area contributed by atoms with Crippen molar-refractivity contribution in [2.75, 3.05) is 11.3 Å². The molecule has 0 spiro atoms. The van der Waals surface area contributed by atoms with Crippen LogP contribution in [0.1, 0.15) is 31.9 Å². The van der Waals surface area contributed by atoms with Gasteiger partial charge in [-0.1, -0.05) is 57.2 Å². The van der Waals surface area contributed by atoms with Crippen LogP contribution >= 0.6 is 0 Å². The summed E-state index contributed by atoms with van der Waals surface area (Å²) in [5.41, 5.74) is 2.33. The van der Waals surface area contributed by atoms with Crippen molar-refractivity contribution in [1.82, 2.24) is 0 Å². The monoisotopic (exact) mass is 359 g/mol. The number of hydrogen-bond acceptors (Lipinski definition) is 3. The van der Waals surface area contributed by atoms with E-state index in [1.165, 1.54) is 0 Å². The van der Waals surface area contributed by atoms with E-state index >= 15 is 0 Å². The van der Waals surface area contributed by atoms with Crippen LogP contribution in [0.3, 0.4) is 0 Å². The van der Waals surface area contributed by atoms with Crippen LogP contribution in [0.25, 0.3) is 0 Å². The summed E-state index contributed by atoms with van der Waals surface area (Å²) in [7, 11) is -3.70. The zero-order valence-corrected chi connectivity index (χ0v) is 16.0. The number of aryl methyl sites for hydroxylation is 1. The quantitative estimate of drug-likeness (QED) is 0.763. The zero-order valence-electron chi connectivity index (χ0n) is 15.2. The smallest absolute Gasteiger partial charge is 0.262 e. The lowest BCUT2D eigenvalue weighted by Gasteiger charge is -2.22. The molecule has 0 heterocycles.